The Bertz CT molecular complexity index is 235. The van der Waals surface area contributed by atoms with Gasteiger partial charge in [-0.25, -0.2) is 4.79 Å². The van der Waals surface area contributed by atoms with E-state index < -0.39 is 5.97 Å². The van der Waals surface area contributed by atoms with Gasteiger partial charge in [0.05, 0.1) is 0 Å². The smallest absolute Gasteiger partial charge is 0.335 e. The summed E-state index contributed by atoms with van der Waals surface area (Å²) in [5.74, 6) is 0.0775. The zero-order valence-corrected chi connectivity index (χ0v) is 11.1. The number of esters is 1. The van der Waals surface area contributed by atoms with Gasteiger partial charge in [-0.1, -0.05) is 59.1 Å². The van der Waals surface area contributed by atoms with Gasteiger partial charge in [0.25, 0.3) is 0 Å². The van der Waals surface area contributed by atoms with Crippen molar-refractivity contribution in [3.05, 3.63) is 49.3 Å². The second-order valence-electron chi connectivity index (χ2n) is 2.02. The highest BCUT2D eigenvalue weighted by Gasteiger charge is 1.94. The molecule has 0 rings (SSSR count). The summed E-state index contributed by atoms with van der Waals surface area (Å²) in [5, 5.41) is 0. The second kappa shape index (κ2) is 19.1. The summed E-state index contributed by atoms with van der Waals surface area (Å²) in [6.07, 6.45) is 7.90. The first-order valence-electron chi connectivity index (χ1n) is 5.51. The van der Waals surface area contributed by atoms with E-state index in [9.17, 15) is 4.79 Å². The van der Waals surface area contributed by atoms with Crippen LogP contribution in [0.15, 0.2) is 49.3 Å². The summed E-state index contributed by atoms with van der Waals surface area (Å²) in [5.41, 5.74) is 0. The molecule has 0 unspecified atom stereocenters. The maximum absolute atomic E-state index is 10.6. The molecule has 0 aliphatic heterocycles. The molecule has 2 heteroatoms. The molecular weight excluding hydrogens is 200 g/mol. The Morgan fingerprint density at radius 1 is 1.06 bits per heavy atom. The lowest BCUT2D eigenvalue weighted by Gasteiger charge is -1.97. The first kappa shape index (κ1) is 19.9. The van der Waals surface area contributed by atoms with Crippen LogP contribution in [0.5, 0.6) is 0 Å². The quantitative estimate of drug-likeness (QED) is 0.306. The molecule has 0 spiro atoms. The first-order chi connectivity index (χ1) is 7.70. The largest absolute Gasteiger partial charge is 0.428 e. The van der Waals surface area contributed by atoms with Gasteiger partial charge in [-0.3, -0.25) is 0 Å². The van der Waals surface area contributed by atoms with Crippen LogP contribution in [0.25, 0.3) is 0 Å². The van der Waals surface area contributed by atoms with Gasteiger partial charge in [0.1, 0.15) is 5.76 Å². The highest BCUT2D eigenvalue weighted by atomic mass is 16.5. The van der Waals surface area contributed by atoms with Gasteiger partial charge in [0, 0.05) is 6.08 Å². The third kappa shape index (κ3) is 18.3. The lowest BCUT2D eigenvalue weighted by Crippen LogP contribution is -1.96. The molecule has 16 heavy (non-hydrogen) atoms. The highest BCUT2D eigenvalue weighted by molar-refractivity contribution is 5.82. The van der Waals surface area contributed by atoms with E-state index in [0.717, 1.165) is 6.08 Å². The van der Waals surface area contributed by atoms with Crippen molar-refractivity contribution in [1.29, 1.82) is 0 Å². The van der Waals surface area contributed by atoms with Crippen molar-refractivity contribution in [3.8, 4) is 0 Å². The molecule has 0 aliphatic rings. The lowest BCUT2D eigenvalue weighted by atomic mass is 10.4. The summed E-state index contributed by atoms with van der Waals surface area (Å²) in [7, 11) is 0. The molecule has 0 fully saturated rings. The van der Waals surface area contributed by atoms with Gasteiger partial charge in [-0.15, -0.1) is 0 Å². The Kier molecular flexibility index (Phi) is 23.7. The number of carbonyl (C=O) groups is 1. The monoisotopic (exact) mass is 224 g/mol. The summed E-state index contributed by atoms with van der Waals surface area (Å²) in [4.78, 5) is 10.6. The van der Waals surface area contributed by atoms with Crippen LogP contribution in [0.2, 0.25) is 0 Å². The molecular formula is C14H24O2. The van der Waals surface area contributed by atoms with Crippen molar-refractivity contribution < 1.29 is 9.53 Å². The van der Waals surface area contributed by atoms with Gasteiger partial charge < -0.3 is 4.74 Å². The third-order valence-electron chi connectivity index (χ3n) is 1.01. The standard InChI is InChI=1S/C10H12O2.2C2H6/c1-4-6-7-8-9(3)12-10(11)5-2;2*1-2/h4-8H,1-2H2,3H3;2*1-2H3/b7-6-,9-8+;;. The summed E-state index contributed by atoms with van der Waals surface area (Å²) >= 11 is 0. The molecule has 0 atom stereocenters. The van der Waals surface area contributed by atoms with E-state index in [1.54, 1.807) is 31.2 Å². The van der Waals surface area contributed by atoms with Gasteiger partial charge in [0.15, 0.2) is 0 Å². The van der Waals surface area contributed by atoms with Crippen molar-refractivity contribution in [1.82, 2.24) is 0 Å². The van der Waals surface area contributed by atoms with Crippen LogP contribution in [-0.2, 0) is 9.53 Å². The Hall–Kier alpha value is -1.57. The molecule has 0 saturated heterocycles. The van der Waals surface area contributed by atoms with Crippen LogP contribution in [0.4, 0.5) is 0 Å². The third-order valence-corrected chi connectivity index (χ3v) is 1.01. The van der Waals surface area contributed by atoms with E-state index in [0.29, 0.717) is 5.76 Å². The lowest BCUT2D eigenvalue weighted by molar-refractivity contribution is -0.133. The average Bonchev–Trinajstić information content (AvgIpc) is 2.34. The topological polar surface area (TPSA) is 26.3 Å². The van der Waals surface area contributed by atoms with Crippen LogP contribution < -0.4 is 0 Å². The van der Waals surface area contributed by atoms with Crippen LogP contribution >= 0.6 is 0 Å². The number of hydrogen-bond donors (Lipinski definition) is 0. The van der Waals surface area contributed by atoms with Crippen molar-refractivity contribution in [2.45, 2.75) is 34.6 Å². The summed E-state index contributed by atoms with van der Waals surface area (Å²) < 4.78 is 4.76. The molecule has 0 aromatic rings. The minimum absolute atomic E-state index is 0.448. The zero-order valence-electron chi connectivity index (χ0n) is 11.1. The zero-order chi connectivity index (χ0) is 13.4. The molecule has 0 aliphatic carbocycles. The van der Waals surface area contributed by atoms with E-state index in [-0.39, 0.29) is 0 Å². The van der Waals surface area contributed by atoms with Crippen molar-refractivity contribution in [3.63, 3.8) is 0 Å². The highest BCUT2D eigenvalue weighted by Crippen LogP contribution is 1.96. The molecule has 0 aromatic carbocycles. The maximum Gasteiger partial charge on any atom is 0.335 e. The molecule has 0 saturated carbocycles. The summed E-state index contributed by atoms with van der Waals surface area (Å²) in [6, 6.07) is 0. The molecule has 0 aromatic heterocycles. The van der Waals surface area contributed by atoms with Crippen molar-refractivity contribution >= 4 is 5.97 Å². The molecule has 92 valence electrons. The minimum Gasteiger partial charge on any atom is -0.428 e. The normalized spacial score (nSPS) is 9.19. The van der Waals surface area contributed by atoms with Gasteiger partial charge in [-0.05, 0) is 13.0 Å². The SMILES string of the molecule is C=C/C=C\C=C(/C)OC(=O)C=C.CC.CC. The summed E-state index contributed by atoms with van der Waals surface area (Å²) in [6.45, 7) is 16.5. The number of hydrogen-bond acceptors (Lipinski definition) is 2. The van der Waals surface area contributed by atoms with E-state index >= 15 is 0 Å². The Morgan fingerprint density at radius 3 is 1.94 bits per heavy atom. The molecule has 0 bridgehead atoms. The van der Waals surface area contributed by atoms with Crippen LogP contribution in [-0.4, -0.2) is 5.97 Å². The van der Waals surface area contributed by atoms with Gasteiger partial charge >= 0.3 is 5.97 Å². The van der Waals surface area contributed by atoms with E-state index in [2.05, 4.69) is 13.2 Å². The Morgan fingerprint density at radius 2 is 1.56 bits per heavy atom. The van der Waals surface area contributed by atoms with E-state index in [4.69, 9.17) is 4.74 Å². The predicted octanol–water partition coefficient (Wildman–Crippen LogP) is 4.41. The predicted molar refractivity (Wildman–Crippen MR) is 72.1 cm³/mol. The first-order valence-corrected chi connectivity index (χ1v) is 5.51. The number of carbonyl (C=O) groups excluding carboxylic acids is 1. The molecule has 2 nitrogen and oxygen atoms in total. The van der Waals surface area contributed by atoms with Crippen molar-refractivity contribution in [2.75, 3.05) is 0 Å². The molecule has 0 amide bonds. The Labute approximate surface area is 100 Å². The minimum atomic E-state index is -0.448. The fourth-order valence-corrected chi connectivity index (χ4v) is 0.504. The number of allylic oxidation sites excluding steroid dienone is 5. The van der Waals surface area contributed by atoms with Gasteiger partial charge in [0.2, 0.25) is 0 Å². The van der Waals surface area contributed by atoms with Crippen LogP contribution in [0.1, 0.15) is 34.6 Å². The fraction of sp³-hybridized carbons (Fsp3) is 0.357. The van der Waals surface area contributed by atoms with Gasteiger partial charge in [-0.2, -0.15) is 0 Å². The molecule has 0 radical (unpaired) electrons. The van der Waals surface area contributed by atoms with E-state index in [1.165, 1.54) is 0 Å². The van der Waals surface area contributed by atoms with E-state index in [1.807, 2.05) is 27.7 Å². The second-order valence-corrected chi connectivity index (χ2v) is 2.02. The average molecular weight is 224 g/mol. The Balaban J connectivity index is -0.000000376. The number of rotatable bonds is 4. The molecule has 0 N–H and O–H groups in total. The van der Waals surface area contributed by atoms with Crippen molar-refractivity contribution in [2.24, 2.45) is 0 Å². The van der Waals surface area contributed by atoms with Crippen LogP contribution in [0, 0.1) is 0 Å². The molecule has 0 heterocycles. The van der Waals surface area contributed by atoms with Crippen LogP contribution in [0.3, 0.4) is 0 Å². The maximum atomic E-state index is 10.6. The number of ether oxygens (including phenoxy) is 1. The fourth-order valence-electron chi connectivity index (χ4n) is 0.504.